The molecule has 0 radical (unpaired) electrons. The number of carboxylic acid groups (broad SMARTS) is 1. The first-order valence-electron chi connectivity index (χ1n) is 9.95. The van der Waals surface area contributed by atoms with Crippen molar-refractivity contribution in [1.82, 2.24) is 9.88 Å². The molecule has 30 heavy (non-hydrogen) atoms. The lowest BCUT2D eigenvalue weighted by molar-refractivity contribution is -0.142. The minimum atomic E-state index is -1.01. The molecule has 156 valence electrons. The second-order valence-electron chi connectivity index (χ2n) is 8.45. The number of carboxylic acids is 1. The number of fused-ring (bicyclic) bond motifs is 9. The van der Waals surface area contributed by atoms with E-state index in [9.17, 15) is 19.2 Å². The van der Waals surface area contributed by atoms with Gasteiger partial charge in [0.05, 0.1) is 23.3 Å². The fraction of sp³-hybridized carbons (Fsp3) is 0.500. The predicted molar refractivity (Wildman–Crippen MR) is 112 cm³/mol. The first-order valence-corrected chi connectivity index (χ1v) is 12.5. The Morgan fingerprint density at radius 3 is 2.67 bits per heavy atom. The Morgan fingerprint density at radius 2 is 1.97 bits per heavy atom. The number of thioether (sulfide) groups is 1. The molecule has 6 rings (SSSR count). The molecule has 1 saturated heterocycles. The zero-order chi connectivity index (χ0) is 20.7. The van der Waals surface area contributed by atoms with Gasteiger partial charge in [0.25, 0.3) is 0 Å². The van der Waals surface area contributed by atoms with Crippen LogP contribution in [-0.2, 0) is 14.4 Å². The van der Waals surface area contributed by atoms with Gasteiger partial charge in [-0.1, -0.05) is 17.4 Å². The smallest absolute Gasteiger partial charge is 0.305 e. The molecular weight excluding hydrogens is 444 g/mol. The fourth-order valence-electron chi connectivity index (χ4n) is 6.29. The lowest BCUT2D eigenvalue weighted by atomic mass is 9.69. The van der Waals surface area contributed by atoms with Crippen LogP contribution in [0.3, 0.4) is 0 Å². The van der Waals surface area contributed by atoms with E-state index in [-0.39, 0.29) is 70.4 Å². The zero-order valence-corrected chi connectivity index (χ0v) is 18.1. The molecule has 0 aromatic carbocycles. The number of aromatic nitrogens is 1. The van der Waals surface area contributed by atoms with Crippen molar-refractivity contribution in [1.29, 1.82) is 0 Å². The molecule has 2 aromatic rings. The number of hydrogen-bond acceptors (Lipinski definition) is 7. The zero-order valence-electron chi connectivity index (χ0n) is 15.6. The second-order valence-corrected chi connectivity index (χ2v) is 11.6. The van der Waals surface area contributed by atoms with Crippen LogP contribution < -0.4 is 4.87 Å². The molecule has 0 unspecified atom stereocenters. The third kappa shape index (κ3) is 2.44. The summed E-state index contributed by atoms with van der Waals surface area (Å²) >= 11 is 4.60. The Hall–Kier alpha value is -1.91. The highest BCUT2D eigenvalue weighted by molar-refractivity contribution is 8.00. The van der Waals surface area contributed by atoms with Gasteiger partial charge in [-0.2, -0.15) is 0 Å². The number of hydrogen-bond donors (Lipinski definition) is 2. The minimum absolute atomic E-state index is 0.0447. The number of amides is 2. The van der Waals surface area contributed by atoms with E-state index in [1.165, 1.54) is 21.1 Å². The summed E-state index contributed by atoms with van der Waals surface area (Å²) in [6.45, 7) is -0.0447. The number of carbonyl (C=O) groups is 3. The molecule has 2 aliphatic carbocycles. The lowest BCUT2D eigenvalue weighted by Gasteiger charge is -2.42. The number of thiophene rings is 1. The average molecular weight is 463 g/mol. The van der Waals surface area contributed by atoms with Crippen molar-refractivity contribution in [3.63, 3.8) is 0 Å². The molecule has 4 aliphatic rings. The number of rotatable bonds is 4. The van der Waals surface area contributed by atoms with Crippen LogP contribution in [0.1, 0.15) is 28.5 Å². The molecule has 4 heterocycles. The standard InChI is InChI=1S/C20H18N2O5S3/c23-10(24)3-4-22-18(25)12-7-6-8(13(12)19(22)26)15-11(7)14(9-2-1-5-28-9)16-17(29-15)21-20(27)30-16/h1-2,5,7-8,11-15H,3-4,6H2,(H,21,27)(H,23,24)/t7-,8+,11+,12+,13+,14-,15+/m0/s1. The Balaban J connectivity index is 1.40. The molecule has 0 spiro atoms. The van der Waals surface area contributed by atoms with Crippen LogP contribution in [0.5, 0.6) is 0 Å². The Labute approximate surface area is 183 Å². The van der Waals surface area contributed by atoms with Gasteiger partial charge in [-0.15, -0.1) is 23.1 Å². The highest BCUT2D eigenvalue weighted by Gasteiger charge is 2.69. The second kappa shape index (κ2) is 6.54. The molecule has 2 aliphatic heterocycles. The topological polar surface area (TPSA) is 108 Å². The molecule has 7 atom stereocenters. The van der Waals surface area contributed by atoms with Gasteiger partial charge < -0.3 is 10.1 Å². The van der Waals surface area contributed by atoms with E-state index in [1.807, 2.05) is 11.4 Å². The Kier molecular flexibility index (Phi) is 4.11. The normalized spacial score (nSPS) is 36.1. The molecule has 10 heteroatoms. The summed E-state index contributed by atoms with van der Waals surface area (Å²) < 4.78 is 0. The van der Waals surface area contributed by atoms with E-state index in [4.69, 9.17) is 5.11 Å². The number of aliphatic carboxylic acids is 1. The minimum Gasteiger partial charge on any atom is -0.481 e. The molecule has 3 fully saturated rings. The number of aromatic amines is 1. The van der Waals surface area contributed by atoms with E-state index in [0.29, 0.717) is 0 Å². The summed E-state index contributed by atoms with van der Waals surface area (Å²) in [6, 6.07) is 4.11. The quantitative estimate of drug-likeness (QED) is 0.676. The van der Waals surface area contributed by atoms with Gasteiger partial charge >= 0.3 is 10.8 Å². The van der Waals surface area contributed by atoms with Gasteiger partial charge in [-0.25, -0.2) is 0 Å². The molecule has 2 N–H and O–H groups in total. The van der Waals surface area contributed by atoms with E-state index < -0.39 is 5.97 Å². The first kappa shape index (κ1) is 18.8. The highest BCUT2D eigenvalue weighted by Crippen LogP contribution is 2.68. The molecule has 2 saturated carbocycles. The van der Waals surface area contributed by atoms with Crippen molar-refractivity contribution in [2.75, 3.05) is 6.54 Å². The molecule has 2 aromatic heterocycles. The number of carbonyl (C=O) groups excluding carboxylic acids is 2. The maximum absolute atomic E-state index is 13.2. The van der Waals surface area contributed by atoms with E-state index in [0.717, 1.165) is 16.3 Å². The van der Waals surface area contributed by atoms with Crippen molar-refractivity contribution >= 4 is 52.2 Å². The monoisotopic (exact) mass is 462 g/mol. The van der Waals surface area contributed by atoms with E-state index >= 15 is 0 Å². The van der Waals surface area contributed by atoms with Crippen molar-refractivity contribution in [3.05, 3.63) is 36.9 Å². The number of imide groups is 1. The van der Waals surface area contributed by atoms with Gasteiger partial charge in [-0.3, -0.25) is 24.1 Å². The molecule has 2 bridgehead atoms. The number of thiazole rings is 1. The number of likely N-dealkylation sites (tertiary alicyclic amines) is 1. The average Bonchev–Trinajstić information content (AvgIpc) is 3.48. The SMILES string of the molecule is O=C(O)CCN1C(=O)[C@@H]2[C@H]3C[C@@H]([C@H]4Sc5[nH]c(=O)sc5[C@@H](c5cccs5)[C@@H]34)[C@H]2C1=O. The molecule has 7 nitrogen and oxygen atoms in total. The maximum atomic E-state index is 13.2. The van der Waals surface area contributed by atoms with Crippen molar-refractivity contribution in [2.24, 2.45) is 29.6 Å². The number of nitrogens with one attached hydrogen (secondary N) is 1. The van der Waals surface area contributed by atoms with Gasteiger partial charge in [0.1, 0.15) is 0 Å². The summed E-state index contributed by atoms with van der Waals surface area (Å²) in [5.41, 5.74) is 0. The van der Waals surface area contributed by atoms with Crippen molar-refractivity contribution in [3.8, 4) is 0 Å². The third-order valence-corrected chi connectivity index (χ3v) is 10.8. The van der Waals surface area contributed by atoms with Crippen LogP contribution in [0.15, 0.2) is 27.3 Å². The van der Waals surface area contributed by atoms with Gasteiger partial charge in [0, 0.05) is 27.5 Å². The summed E-state index contributed by atoms with van der Waals surface area (Å²) in [5.74, 6) is -1.65. The van der Waals surface area contributed by atoms with Crippen LogP contribution in [0.4, 0.5) is 0 Å². The van der Waals surface area contributed by atoms with E-state index in [1.54, 1.807) is 23.1 Å². The van der Waals surface area contributed by atoms with Crippen LogP contribution in [0.2, 0.25) is 0 Å². The third-order valence-electron chi connectivity index (χ3n) is 7.21. The summed E-state index contributed by atoms with van der Waals surface area (Å²) in [5, 5.41) is 12.1. The maximum Gasteiger partial charge on any atom is 0.305 e. The number of nitrogens with zero attached hydrogens (tertiary/aromatic N) is 1. The van der Waals surface area contributed by atoms with Gasteiger partial charge in [-0.05, 0) is 35.6 Å². The summed E-state index contributed by atoms with van der Waals surface area (Å²) in [7, 11) is 0. The highest BCUT2D eigenvalue weighted by atomic mass is 32.2. The molecular formula is C20H18N2O5S3. The van der Waals surface area contributed by atoms with Crippen LogP contribution in [0, 0.1) is 29.6 Å². The van der Waals surface area contributed by atoms with Crippen LogP contribution in [0.25, 0.3) is 0 Å². The Bertz CT molecular complexity index is 1120. The van der Waals surface area contributed by atoms with Crippen LogP contribution >= 0.6 is 34.4 Å². The van der Waals surface area contributed by atoms with E-state index in [2.05, 4.69) is 11.1 Å². The number of H-pyrrole nitrogens is 1. The molecule has 2 amide bonds. The largest absolute Gasteiger partial charge is 0.481 e. The van der Waals surface area contributed by atoms with Gasteiger partial charge in [0.15, 0.2) is 0 Å². The predicted octanol–water partition coefficient (Wildman–Crippen LogP) is 2.45. The summed E-state index contributed by atoms with van der Waals surface area (Å²) in [6.07, 6.45) is 0.632. The Morgan fingerprint density at radius 1 is 1.20 bits per heavy atom. The summed E-state index contributed by atoms with van der Waals surface area (Å²) in [4.78, 5) is 55.7. The fourth-order valence-corrected chi connectivity index (χ4v) is 10.1. The van der Waals surface area contributed by atoms with Crippen molar-refractivity contribution in [2.45, 2.75) is 29.0 Å². The van der Waals surface area contributed by atoms with Gasteiger partial charge in [0.2, 0.25) is 11.8 Å². The van der Waals surface area contributed by atoms with Crippen LogP contribution in [-0.4, -0.2) is 44.6 Å². The van der Waals surface area contributed by atoms with Crippen molar-refractivity contribution < 1.29 is 19.5 Å². The lowest BCUT2D eigenvalue weighted by Crippen LogP contribution is -2.42. The first-order chi connectivity index (χ1) is 14.5.